The molecule has 0 heterocycles. The first-order valence-corrected chi connectivity index (χ1v) is 8.76. The maximum absolute atomic E-state index is 5.77. The summed E-state index contributed by atoms with van der Waals surface area (Å²) in [6, 6.07) is 6.19. The van der Waals surface area contributed by atoms with Gasteiger partial charge >= 0.3 is 0 Å². The van der Waals surface area contributed by atoms with Gasteiger partial charge in [0.2, 0.25) is 0 Å². The van der Waals surface area contributed by atoms with Crippen LogP contribution in [0.1, 0.15) is 32.8 Å². The van der Waals surface area contributed by atoms with Crippen LogP contribution in [0.2, 0.25) is 0 Å². The van der Waals surface area contributed by atoms with E-state index in [1.165, 1.54) is 5.56 Å². The molecule has 0 aliphatic heterocycles. The number of rotatable bonds is 7. The number of benzene rings is 1. The molecule has 2 nitrogen and oxygen atoms in total. The van der Waals surface area contributed by atoms with E-state index in [0.29, 0.717) is 0 Å². The molecular formula is C15H24BrNOS. The van der Waals surface area contributed by atoms with Crippen LogP contribution in [0.5, 0.6) is 5.75 Å². The molecule has 19 heavy (non-hydrogen) atoms. The van der Waals surface area contributed by atoms with Crippen LogP contribution in [0.4, 0.5) is 0 Å². The minimum absolute atomic E-state index is 0.120. The monoisotopic (exact) mass is 345 g/mol. The highest BCUT2D eigenvalue weighted by molar-refractivity contribution is 9.10. The molecular weight excluding hydrogens is 322 g/mol. The third kappa shape index (κ3) is 7.23. The van der Waals surface area contributed by atoms with Crippen LogP contribution in [0.25, 0.3) is 0 Å². The Morgan fingerprint density at radius 3 is 2.68 bits per heavy atom. The maximum atomic E-state index is 5.77. The van der Waals surface area contributed by atoms with Gasteiger partial charge in [-0.1, -0.05) is 15.9 Å². The minimum atomic E-state index is 0.120. The minimum Gasteiger partial charge on any atom is -0.494 e. The van der Waals surface area contributed by atoms with E-state index in [2.05, 4.69) is 60.4 Å². The Balaban J connectivity index is 2.56. The smallest absolute Gasteiger partial charge is 0.119 e. The number of hydrogen-bond donors (Lipinski definition) is 1. The molecule has 0 bridgehead atoms. The van der Waals surface area contributed by atoms with Crippen molar-refractivity contribution in [3.05, 3.63) is 28.2 Å². The standard InChI is InChI=1S/C15H24BrNOS/c1-15(2,3)17-11-12-10-13(6-7-14(12)16)18-8-5-9-19-4/h6-7,10,17H,5,8-9,11H2,1-4H3. The average Bonchev–Trinajstić information content (AvgIpc) is 2.34. The summed E-state index contributed by atoms with van der Waals surface area (Å²) in [6.45, 7) is 8.14. The van der Waals surface area contributed by atoms with Crippen molar-refractivity contribution < 1.29 is 4.74 Å². The molecule has 0 atom stereocenters. The van der Waals surface area contributed by atoms with Gasteiger partial charge in [0.15, 0.2) is 0 Å². The fourth-order valence-electron chi connectivity index (χ4n) is 1.53. The molecule has 0 aliphatic carbocycles. The van der Waals surface area contributed by atoms with E-state index < -0.39 is 0 Å². The van der Waals surface area contributed by atoms with Crippen LogP contribution >= 0.6 is 27.7 Å². The van der Waals surface area contributed by atoms with E-state index in [1.807, 2.05) is 17.8 Å². The molecule has 1 rings (SSSR count). The lowest BCUT2D eigenvalue weighted by Gasteiger charge is -2.21. The summed E-state index contributed by atoms with van der Waals surface area (Å²) in [5.41, 5.74) is 1.35. The molecule has 1 aromatic rings. The lowest BCUT2D eigenvalue weighted by molar-refractivity contribution is 0.318. The highest BCUT2D eigenvalue weighted by Gasteiger charge is 2.10. The molecule has 0 unspecified atom stereocenters. The van der Waals surface area contributed by atoms with Gasteiger partial charge in [-0.2, -0.15) is 11.8 Å². The van der Waals surface area contributed by atoms with E-state index >= 15 is 0 Å². The van der Waals surface area contributed by atoms with Gasteiger partial charge in [0, 0.05) is 16.6 Å². The van der Waals surface area contributed by atoms with Crippen LogP contribution < -0.4 is 10.1 Å². The predicted molar refractivity (Wildman–Crippen MR) is 89.2 cm³/mol. The summed E-state index contributed by atoms with van der Waals surface area (Å²) in [5.74, 6) is 2.10. The third-order valence-corrected chi connectivity index (χ3v) is 4.06. The molecule has 0 saturated heterocycles. The van der Waals surface area contributed by atoms with Gasteiger partial charge < -0.3 is 10.1 Å². The summed E-state index contributed by atoms with van der Waals surface area (Å²) in [6.07, 6.45) is 3.21. The van der Waals surface area contributed by atoms with E-state index in [-0.39, 0.29) is 5.54 Å². The molecule has 0 aromatic heterocycles. The van der Waals surface area contributed by atoms with Crippen molar-refractivity contribution in [3.63, 3.8) is 0 Å². The Morgan fingerprint density at radius 2 is 2.05 bits per heavy atom. The number of thioether (sulfide) groups is 1. The highest BCUT2D eigenvalue weighted by Crippen LogP contribution is 2.23. The first-order chi connectivity index (χ1) is 8.92. The summed E-state index contributed by atoms with van der Waals surface area (Å²) in [5, 5.41) is 3.49. The van der Waals surface area contributed by atoms with E-state index in [1.54, 1.807) is 0 Å². The van der Waals surface area contributed by atoms with Crippen LogP contribution in [-0.4, -0.2) is 24.2 Å². The molecule has 108 valence electrons. The third-order valence-electron chi connectivity index (χ3n) is 2.59. The first-order valence-electron chi connectivity index (χ1n) is 6.57. The second-order valence-electron chi connectivity index (χ2n) is 5.55. The number of ether oxygens (including phenoxy) is 1. The summed E-state index contributed by atoms with van der Waals surface area (Å²) in [4.78, 5) is 0. The van der Waals surface area contributed by atoms with Gasteiger partial charge in [-0.3, -0.25) is 0 Å². The Hall–Kier alpha value is -0.190. The molecule has 0 amide bonds. The molecule has 0 spiro atoms. The lowest BCUT2D eigenvalue weighted by Crippen LogP contribution is -2.35. The van der Waals surface area contributed by atoms with E-state index in [0.717, 1.165) is 35.5 Å². The van der Waals surface area contributed by atoms with Crippen molar-refractivity contribution in [1.82, 2.24) is 5.32 Å². The zero-order valence-electron chi connectivity index (χ0n) is 12.3. The highest BCUT2D eigenvalue weighted by atomic mass is 79.9. The van der Waals surface area contributed by atoms with Crippen molar-refractivity contribution in [3.8, 4) is 5.75 Å². The van der Waals surface area contributed by atoms with Crippen LogP contribution in [0.15, 0.2) is 22.7 Å². The molecule has 1 aromatic carbocycles. The summed E-state index contributed by atoms with van der Waals surface area (Å²) in [7, 11) is 0. The Labute approximate surface area is 129 Å². The van der Waals surface area contributed by atoms with Crippen molar-refractivity contribution in [1.29, 1.82) is 0 Å². The zero-order chi connectivity index (χ0) is 14.3. The van der Waals surface area contributed by atoms with Gasteiger partial charge in [-0.25, -0.2) is 0 Å². The van der Waals surface area contributed by atoms with E-state index in [4.69, 9.17) is 4.74 Å². The molecule has 0 fully saturated rings. The van der Waals surface area contributed by atoms with Crippen molar-refractivity contribution in [2.24, 2.45) is 0 Å². The quantitative estimate of drug-likeness (QED) is 0.736. The Morgan fingerprint density at radius 1 is 1.32 bits per heavy atom. The lowest BCUT2D eigenvalue weighted by atomic mass is 10.1. The normalized spacial score (nSPS) is 11.6. The van der Waals surface area contributed by atoms with Gasteiger partial charge in [0.05, 0.1) is 6.61 Å². The van der Waals surface area contributed by atoms with Crippen LogP contribution in [0.3, 0.4) is 0 Å². The number of halogens is 1. The Bertz CT molecular complexity index is 390. The average molecular weight is 346 g/mol. The van der Waals surface area contributed by atoms with Crippen molar-refractivity contribution >= 4 is 27.7 Å². The molecule has 4 heteroatoms. The second kappa shape index (κ2) is 8.18. The molecule has 1 N–H and O–H groups in total. The van der Waals surface area contributed by atoms with Gasteiger partial charge in [0.1, 0.15) is 5.75 Å². The van der Waals surface area contributed by atoms with Crippen LogP contribution in [0, 0.1) is 0 Å². The largest absolute Gasteiger partial charge is 0.494 e. The second-order valence-corrected chi connectivity index (χ2v) is 7.39. The summed E-state index contributed by atoms with van der Waals surface area (Å²) < 4.78 is 6.90. The fourth-order valence-corrected chi connectivity index (χ4v) is 2.32. The van der Waals surface area contributed by atoms with Crippen molar-refractivity contribution in [2.45, 2.75) is 39.3 Å². The van der Waals surface area contributed by atoms with E-state index in [9.17, 15) is 0 Å². The molecule has 0 saturated carbocycles. The first kappa shape index (κ1) is 16.9. The molecule has 0 radical (unpaired) electrons. The number of nitrogens with one attached hydrogen (secondary N) is 1. The SMILES string of the molecule is CSCCCOc1ccc(Br)c(CNC(C)(C)C)c1. The Kier molecular flexibility index (Phi) is 7.26. The van der Waals surface area contributed by atoms with Crippen LogP contribution in [-0.2, 0) is 6.54 Å². The molecule has 0 aliphatic rings. The predicted octanol–water partition coefficient (Wildman–Crippen LogP) is 4.47. The van der Waals surface area contributed by atoms with Gasteiger partial charge in [-0.15, -0.1) is 0 Å². The topological polar surface area (TPSA) is 21.3 Å². The van der Waals surface area contributed by atoms with Crippen molar-refractivity contribution in [2.75, 3.05) is 18.6 Å². The number of hydrogen-bond acceptors (Lipinski definition) is 3. The van der Waals surface area contributed by atoms with Gasteiger partial charge in [0.25, 0.3) is 0 Å². The summed E-state index contributed by atoms with van der Waals surface area (Å²) >= 11 is 5.45. The van der Waals surface area contributed by atoms with Gasteiger partial charge in [-0.05, 0) is 63.0 Å². The zero-order valence-corrected chi connectivity index (χ0v) is 14.7. The fraction of sp³-hybridized carbons (Fsp3) is 0.600. The maximum Gasteiger partial charge on any atom is 0.119 e.